The van der Waals surface area contributed by atoms with Gasteiger partial charge in [-0.15, -0.1) is 0 Å². The van der Waals surface area contributed by atoms with E-state index in [2.05, 4.69) is 32.6 Å². The summed E-state index contributed by atoms with van der Waals surface area (Å²) in [5.41, 5.74) is 3.18. The SMILES string of the molecule is Cc1ccccc1[C@H]1CC(=O)NC(SCC(=O)Nc2ccc(Br)cc2)=C1C#N. The number of carbonyl (C=O) groups excluding carboxylic acids is 2. The third-order valence-electron chi connectivity index (χ3n) is 4.40. The summed E-state index contributed by atoms with van der Waals surface area (Å²) in [6.45, 7) is 1.97. The highest BCUT2D eigenvalue weighted by atomic mass is 79.9. The molecule has 2 aromatic rings. The number of nitriles is 1. The van der Waals surface area contributed by atoms with E-state index >= 15 is 0 Å². The number of rotatable bonds is 5. The minimum absolute atomic E-state index is 0.0946. The Bertz CT molecular complexity index is 980. The van der Waals surface area contributed by atoms with Gasteiger partial charge in [0.1, 0.15) is 0 Å². The van der Waals surface area contributed by atoms with Crippen LogP contribution in [0.2, 0.25) is 0 Å². The summed E-state index contributed by atoms with van der Waals surface area (Å²) in [6.07, 6.45) is 0.225. The van der Waals surface area contributed by atoms with Crippen molar-refractivity contribution in [1.82, 2.24) is 5.32 Å². The first-order chi connectivity index (χ1) is 13.5. The lowest BCUT2D eigenvalue weighted by atomic mass is 9.85. The summed E-state index contributed by atoms with van der Waals surface area (Å²) in [5, 5.41) is 15.7. The summed E-state index contributed by atoms with van der Waals surface area (Å²) < 4.78 is 0.927. The minimum Gasteiger partial charge on any atom is -0.325 e. The van der Waals surface area contributed by atoms with Crippen LogP contribution in [0.3, 0.4) is 0 Å². The smallest absolute Gasteiger partial charge is 0.234 e. The molecule has 2 amide bonds. The number of thioether (sulfide) groups is 1. The van der Waals surface area contributed by atoms with Crippen molar-refractivity contribution in [1.29, 1.82) is 5.26 Å². The van der Waals surface area contributed by atoms with Crippen molar-refractivity contribution in [2.24, 2.45) is 0 Å². The molecule has 0 radical (unpaired) electrons. The van der Waals surface area contributed by atoms with Crippen LogP contribution in [0.4, 0.5) is 5.69 Å². The highest BCUT2D eigenvalue weighted by Gasteiger charge is 2.30. The number of benzene rings is 2. The van der Waals surface area contributed by atoms with Gasteiger partial charge in [0.05, 0.1) is 22.4 Å². The van der Waals surface area contributed by atoms with Crippen LogP contribution in [0.1, 0.15) is 23.5 Å². The first kappa shape index (κ1) is 20.2. The maximum absolute atomic E-state index is 12.3. The number of nitrogens with one attached hydrogen (secondary N) is 2. The van der Waals surface area contributed by atoms with E-state index in [1.807, 2.05) is 43.3 Å². The van der Waals surface area contributed by atoms with Gasteiger partial charge in [0.25, 0.3) is 0 Å². The first-order valence-electron chi connectivity index (χ1n) is 8.66. The lowest BCUT2D eigenvalue weighted by molar-refractivity contribution is -0.121. The van der Waals surface area contributed by atoms with Gasteiger partial charge in [0.2, 0.25) is 11.8 Å². The fraction of sp³-hybridized carbons (Fsp3) is 0.190. The highest BCUT2D eigenvalue weighted by Crippen LogP contribution is 2.37. The Morgan fingerprint density at radius 2 is 2.00 bits per heavy atom. The molecular formula is C21H18BrN3O2S. The van der Waals surface area contributed by atoms with Crippen LogP contribution in [0.25, 0.3) is 0 Å². The molecule has 0 saturated heterocycles. The Balaban J connectivity index is 1.76. The molecule has 0 aliphatic carbocycles. The van der Waals surface area contributed by atoms with E-state index in [-0.39, 0.29) is 29.9 Å². The number of halogens is 1. The Morgan fingerprint density at radius 1 is 1.29 bits per heavy atom. The van der Waals surface area contributed by atoms with Crippen molar-refractivity contribution in [3.05, 3.63) is 74.7 Å². The molecule has 0 fully saturated rings. The van der Waals surface area contributed by atoms with Crippen molar-refractivity contribution >= 4 is 45.2 Å². The second-order valence-corrected chi connectivity index (χ2v) is 8.26. The van der Waals surface area contributed by atoms with Gasteiger partial charge in [-0.3, -0.25) is 9.59 Å². The molecule has 0 bridgehead atoms. The Labute approximate surface area is 176 Å². The number of nitrogens with zero attached hydrogens (tertiary/aromatic N) is 1. The fourth-order valence-corrected chi connectivity index (χ4v) is 4.19. The van der Waals surface area contributed by atoms with Crippen LogP contribution >= 0.6 is 27.7 Å². The third-order valence-corrected chi connectivity index (χ3v) is 5.94. The molecule has 1 aliphatic heterocycles. The molecule has 2 N–H and O–H groups in total. The van der Waals surface area contributed by atoms with Crippen LogP contribution in [0.5, 0.6) is 0 Å². The Hall–Kier alpha value is -2.56. The zero-order valence-corrected chi connectivity index (χ0v) is 17.6. The number of allylic oxidation sites excluding steroid dienone is 1. The molecule has 28 heavy (non-hydrogen) atoms. The Kier molecular flexibility index (Phi) is 6.55. The molecular weight excluding hydrogens is 438 g/mol. The maximum Gasteiger partial charge on any atom is 0.234 e. The lowest BCUT2D eigenvalue weighted by Crippen LogP contribution is -2.31. The largest absolute Gasteiger partial charge is 0.325 e. The summed E-state index contributed by atoms with van der Waals surface area (Å²) in [7, 11) is 0. The van der Waals surface area contributed by atoms with E-state index < -0.39 is 0 Å². The van der Waals surface area contributed by atoms with Gasteiger partial charge in [-0.05, 0) is 42.3 Å². The molecule has 1 atom stereocenters. The molecule has 2 aromatic carbocycles. The topological polar surface area (TPSA) is 82.0 Å². The van der Waals surface area contributed by atoms with Gasteiger partial charge >= 0.3 is 0 Å². The first-order valence-corrected chi connectivity index (χ1v) is 10.4. The molecule has 7 heteroatoms. The average Bonchev–Trinajstić information content (AvgIpc) is 2.68. The number of anilines is 1. The van der Waals surface area contributed by atoms with E-state index in [0.717, 1.165) is 15.6 Å². The predicted molar refractivity (Wildman–Crippen MR) is 115 cm³/mol. The lowest BCUT2D eigenvalue weighted by Gasteiger charge is -2.26. The van der Waals surface area contributed by atoms with Crippen LogP contribution in [0, 0.1) is 18.3 Å². The van der Waals surface area contributed by atoms with Gasteiger partial charge in [-0.25, -0.2) is 0 Å². The van der Waals surface area contributed by atoms with Gasteiger partial charge in [0, 0.05) is 22.5 Å². The van der Waals surface area contributed by atoms with Gasteiger partial charge < -0.3 is 10.6 Å². The highest BCUT2D eigenvalue weighted by molar-refractivity contribution is 9.10. The molecule has 0 spiro atoms. The average molecular weight is 456 g/mol. The minimum atomic E-state index is -0.294. The van der Waals surface area contributed by atoms with Gasteiger partial charge in [-0.2, -0.15) is 5.26 Å². The van der Waals surface area contributed by atoms with E-state index in [1.54, 1.807) is 12.1 Å². The number of aryl methyl sites for hydroxylation is 1. The van der Waals surface area contributed by atoms with E-state index in [0.29, 0.717) is 16.3 Å². The van der Waals surface area contributed by atoms with Crippen LogP contribution < -0.4 is 10.6 Å². The van der Waals surface area contributed by atoms with Crippen molar-refractivity contribution in [3.63, 3.8) is 0 Å². The number of carbonyl (C=O) groups is 2. The van der Waals surface area contributed by atoms with E-state index in [4.69, 9.17) is 0 Å². The maximum atomic E-state index is 12.3. The number of hydrogen-bond acceptors (Lipinski definition) is 4. The molecule has 1 aliphatic rings. The molecule has 0 aromatic heterocycles. The van der Waals surface area contributed by atoms with Crippen molar-refractivity contribution in [2.75, 3.05) is 11.1 Å². The standard InChI is InChI=1S/C21H18BrN3O2S/c1-13-4-2-3-5-16(13)17-10-19(26)25-21(18(17)11-23)28-12-20(27)24-15-8-6-14(22)7-9-15/h2-9,17H,10,12H2,1H3,(H,24,27)(H,25,26)/t17-/m1/s1. The second-order valence-electron chi connectivity index (χ2n) is 6.36. The third kappa shape index (κ3) is 4.83. The number of hydrogen-bond donors (Lipinski definition) is 2. The normalized spacial score (nSPS) is 16.3. The summed E-state index contributed by atoms with van der Waals surface area (Å²) >= 11 is 4.52. The molecule has 142 valence electrons. The van der Waals surface area contributed by atoms with Crippen molar-refractivity contribution < 1.29 is 9.59 Å². The van der Waals surface area contributed by atoms with Crippen molar-refractivity contribution in [2.45, 2.75) is 19.3 Å². The molecule has 0 saturated carbocycles. The van der Waals surface area contributed by atoms with Crippen LogP contribution in [-0.2, 0) is 9.59 Å². The van der Waals surface area contributed by atoms with E-state index in [1.165, 1.54) is 11.8 Å². The zero-order valence-electron chi connectivity index (χ0n) is 15.2. The molecule has 3 rings (SSSR count). The van der Waals surface area contributed by atoms with Crippen LogP contribution in [0.15, 0.2) is 63.6 Å². The van der Waals surface area contributed by atoms with E-state index in [9.17, 15) is 14.9 Å². The fourth-order valence-electron chi connectivity index (χ4n) is 3.04. The predicted octanol–water partition coefficient (Wildman–Crippen LogP) is 4.47. The number of amides is 2. The van der Waals surface area contributed by atoms with Crippen molar-refractivity contribution in [3.8, 4) is 6.07 Å². The second kappa shape index (κ2) is 9.09. The summed E-state index contributed by atoms with van der Waals surface area (Å²) in [6, 6.07) is 17.3. The van der Waals surface area contributed by atoms with Gasteiger partial charge in [-0.1, -0.05) is 52.0 Å². The zero-order chi connectivity index (χ0) is 20.1. The molecule has 0 unspecified atom stereocenters. The molecule has 5 nitrogen and oxygen atoms in total. The summed E-state index contributed by atoms with van der Waals surface area (Å²) in [5.74, 6) is -0.554. The molecule has 1 heterocycles. The quantitative estimate of drug-likeness (QED) is 0.696. The Morgan fingerprint density at radius 3 is 2.68 bits per heavy atom. The summed E-state index contributed by atoms with van der Waals surface area (Å²) in [4.78, 5) is 24.5. The monoisotopic (exact) mass is 455 g/mol. The van der Waals surface area contributed by atoms with Crippen LogP contribution in [-0.4, -0.2) is 17.6 Å². The van der Waals surface area contributed by atoms with Gasteiger partial charge in [0.15, 0.2) is 0 Å².